The molecule has 0 radical (unpaired) electrons. The summed E-state index contributed by atoms with van der Waals surface area (Å²) in [5.41, 5.74) is 3.09. The molecular formula is C16H14N2OS. The van der Waals surface area contributed by atoms with Crippen molar-refractivity contribution in [1.29, 1.82) is 0 Å². The Hall–Kier alpha value is -2.07. The molecule has 20 heavy (non-hydrogen) atoms. The number of aryl methyl sites for hydroxylation is 1. The molecular weight excluding hydrogens is 268 g/mol. The van der Waals surface area contributed by atoms with Crippen molar-refractivity contribution in [3.05, 3.63) is 66.2 Å². The maximum Gasteiger partial charge on any atom is 0.226 e. The number of nitrogens with zero attached hydrogens (tertiary/aromatic N) is 2. The predicted octanol–water partition coefficient (Wildman–Crippen LogP) is 4.34. The molecule has 0 aliphatic carbocycles. The van der Waals surface area contributed by atoms with E-state index < -0.39 is 0 Å². The number of benzene rings is 1. The average molecular weight is 282 g/mol. The molecule has 0 bridgehead atoms. The van der Waals surface area contributed by atoms with Gasteiger partial charge in [-0.1, -0.05) is 36.0 Å². The number of rotatable bonds is 4. The van der Waals surface area contributed by atoms with E-state index in [1.54, 1.807) is 18.0 Å². The standard InChI is InChI=1S/C16H14N2OS/c1-12-7-8-15(17-9-12)20-11-14-10-19-16(18-14)13-5-3-2-4-6-13/h2-10H,11H2,1H3. The molecule has 1 aromatic carbocycles. The van der Waals surface area contributed by atoms with Crippen LogP contribution in [0.1, 0.15) is 11.3 Å². The van der Waals surface area contributed by atoms with Gasteiger partial charge in [0.25, 0.3) is 0 Å². The van der Waals surface area contributed by atoms with Gasteiger partial charge in [-0.3, -0.25) is 0 Å². The fraction of sp³-hybridized carbons (Fsp3) is 0.125. The SMILES string of the molecule is Cc1ccc(SCc2coc(-c3ccccc3)n2)nc1. The Bertz CT molecular complexity index is 677. The first-order valence-corrected chi connectivity index (χ1v) is 7.35. The van der Waals surface area contributed by atoms with Crippen LogP contribution in [0, 0.1) is 6.92 Å². The summed E-state index contributed by atoms with van der Waals surface area (Å²) in [6, 6.07) is 14.0. The molecule has 0 spiro atoms. The van der Waals surface area contributed by atoms with Crippen molar-refractivity contribution in [2.24, 2.45) is 0 Å². The van der Waals surface area contributed by atoms with Crippen LogP contribution < -0.4 is 0 Å². The van der Waals surface area contributed by atoms with Gasteiger partial charge in [0.1, 0.15) is 6.26 Å². The van der Waals surface area contributed by atoms with E-state index >= 15 is 0 Å². The quantitative estimate of drug-likeness (QED) is 0.667. The van der Waals surface area contributed by atoms with Crippen LogP contribution in [-0.4, -0.2) is 9.97 Å². The summed E-state index contributed by atoms with van der Waals surface area (Å²) in [5.74, 6) is 1.42. The zero-order chi connectivity index (χ0) is 13.8. The molecule has 0 aliphatic rings. The van der Waals surface area contributed by atoms with Crippen molar-refractivity contribution < 1.29 is 4.42 Å². The first kappa shape index (κ1) is 12.9. The third-order valence-corrected chi connectivity index (χ3v) is 3.80. The van der Waals surface area contributed by atoms with Gasteiger partial charge in [-0.2, -0.15) is 0 Å². The predicted molar refractivity (Wildman–Crippen MR) is 80.5 cm³/mol. The Morgan fingerprint density at radius 1 is 1.10 bits per heavy atom. The van der Waals surface area contributed by atoms with Gasteiger partial charge in [0.05, 0.1) is 10.7 Å². The number of hydrogen-bond donors (Lipinski definition) is 0. The number of hydrogen-bond acceptors (Lipinski definition) is 4. The molecule has 0 N–H and O–H groups in total. The first-order chi connectivity index (χ1) is 9.81. The smallest absolute Gasteiger partial charge is 0.226 e. The molecule has 0 fully saturated rings. The normalized spacial score (nSPS) is 10.7. The maximum atomic E-state index is 5.51. The van der Waals surface area contributed by atoms with Crippen molar-refractivity contribution in [2.75, 3.05) is 0 Å². The van der Waals surface area contributed by atoms with Crippen molar-refractivity contribution in [2.45, 2.75) is 17.7 Å². The third kappa shape index (κ3) is 3.08. The van der Waals surface area contributed by atoms with Crippen LogP contribution in [0.3, 0.4) is 0 Å². The monoisotopic (exact) mass is 282 g/mol. The Labute approximate surface area is 122 Å². The van der Waals surface area contributed by atoms with Crippen LogP contribution in [0.5, 0.6) is 0 Å². The molecule has 0 amide bonds. The average Bonchev–Trinajstić information content (AvgIpc) is 2.97. The van der Waals surface area contributed by atoms with Gasteiger partial charge in [-0.25, -0.2) is 9.97 Å². The van der Waals surface area contributed by atoms with E-state index in [0.717, 1.165) is 22.0 Å². The second-order valence-corrected chi connectivity index (χ2v) is 5.47. The van der Waals surface area contributed by atoms with Gasteiger partial charge in [-0.15, -0.1) is 0 Å². The number of aromatic nitrogens is 2. The Morgan fingerprint density at radius 2 is 1.95 bits per heavy atom. The van der Waals surface area contributed by atoms with Gasteiger partial charge >= 0.3 is 0 Å². The molecule has 3 rings (SSSR count). The zero-order valence-electron chi connectivity index (χ0n) is 11.1. The van der Waals surface area contributed by atoms with Gasteiger partial charge in [0.2, 0.25) is 5.89 Å². The fourth-order valence-corrected chi connectivity index (χ4v) is 2.49. The van der Waals surface area contributed by atoms with E-state index in [-0.39, 0.29) is 0 Å². The van der Waals surface area contributed by atoms with Gasteiger partial charge in [0.15, 0.2) is 0 Å². The summed E-state index contributed by atoms with van der Waals surface area (Å²) in [6.45, 7) is 2.03. The number of oxazole rings is 1. The lowest BCUT2D eigenvalue weighted by molar-refractivity contribution is 0.573. The first-order valence-electron chi connectivity index (χ1n) is 6.36. The third-order valence-electron chi connectivity index (χ3n) is 2.82. The Morgan fingerprint density at radius 3 is 2.70 bits per heavy atom. The maximum absolute atomic E-state index is 5.51. The number of pyridine rings is 1. The summed E-state index contributed by atoms with van der Waals surface area (Å²) in [5, 5.41) is 1.000. The lowest BCUT2D eigenvalue weighted by Gasteiger charge is -1.98. The fourth-order valence-electron chi connectivity index (χ4n) is 1.77. The molecule has 2 aromatic heterocycles. The van der Waals surface area contributed by atoms with E-state index in [1.807, 2.05) is 49.5 Å². The van der Waals surface area contributed by atoms with Gasteiger partial charge < -0.3 is 4.42 Å². The van der Waals surface area contributed by atoms with Crippen molar-refractivity contribution >= 4 is 11.8 Å². The van der Waals surface area contributed by atoms with Gasteiger partial charge in [0, 0.05) is 17.5 Å². The molecule has 100 valence electrons. The lowest BCUT2D eigenvalue weighted by Crippen LogP contribution is -1.84. The molecule has 4 heteroatoms. The molecule has 0 aliphatic heterocycles. The van der Waals surface area contributed by atoms with Crippen LogP contribution in [0.25, 0.3) is 11.5 Å². The summed E-state index contributed by atoms with van der Waals surface area (Å²) in [6.07, 6.45) is 3.59. The van der Waals surface area contributed by atoms with Crippen LogP contribution in [-0.2, 0) is 5.75 Å². The van der Waals surface area contributed by atoms with Crippen LogP contribution >= 0.6 is 11.8 Å². The summed E-state index contributed by atoms with van der Waals surface area (Å²) < 4.78 is 5.51. The van der Waals surface area contributed by atoms with Crippen LogP contribution in [0.15, 0.2) is 64.4 Å². The largest absolute Gasteiger partial charge is 0.444 e. The van der Waals surface area contributed by atoms with Crippen LogP contribution in [0.2, 0.25) is 0 Å². The van der Waals surface area contributed by atoms with Crippen molar-refractivity contribution in [3.8, 4) is 11.5 Å². The highest BCUT2D eigenvalue weighted by Crippen LogP contribution is 2.23. The molecule has 0 saturated heterocycles. The minimum Gasteiger partial charge on any atom is -0.444 e. The highest BCUT2D eigenvalue weighted by Gasteiger charge is 2.06. The summed E-state index contributed by atoms with van der Waals surface area (Å²) >= 11 is 1.66. The molecule has 0 atom stereocenters. The van der Waals surface area contributed by atoms with E-state index in [2.05, 4.69) is 16.0 Å². The zero-order valence-corrected chi connectivity index (χ0v) is 11.9. The minimum absolute atomic E-state index is 0.665. The molecule has 0 unspecified atom stereocenters. The second-order valence-electron chi connectivity index (χ2n) is 4.47. The lowest BCUT2D eigenvalue weighted by atomic mass is 10.2. The van der Waals surface area contributed by atoms with E-state index in [0.29, 0.717) is 5.89 Å². The topological polar surface area (TPSA) is 38.9 Å². The second kappa shape index (κ2) is 5.92. The molecule has 2 heterocycles. The van der Waals surface area contributed by atoms with E-state index in [4.69, 9.17) is 4.42 Å². The highest BCUT2D eigenvalue weighted by atomic mass is 32.2. The van der Waals surface area contributed by atoms with Gasteiger partial charge in [-0.05, 0) is 30.7 Å². The molecule has 0 saturated carbocycles. The van der Waals surface area contributed by atoms with E-state index in [1.165, 1.54) is 5.56 Å². The van der Waals surface area contributed by atoms with E-state index in [9.17, 15) is 0 Å². The van der Waals surface area contributed by atoms with Crippen molar-refractivity contribution in [1.82, 2.24) is 9.97 Å². The number of thioether (sulfide) groups is 1. The molecule has 3 nitrogen and oxygen atoms in total. The summed E-state index contributed by atoms with van der Waals surface area (Å²) in [7, 11) is 0. The highest BCUT2D eigenvalue weighted by molar-refractivity contribution is 7.98. The van der Waals surface area contributed by atoms with Crippen molar-refractivity contribution in [3.63, 3.8) is 0 Å². The minimum atomic E-state index is 0.665. The Balaban J connectivity index is 1.67. The van der Waals surface area contributed by atoms with Crippen LogP contribution in [0.4, 0.5) is 0 Å². The molecule has 3 aromatic rings. The Kier molecular flexibility index (Phi) is 3.83. The summed E-state index contributed by atoms with van der Waals surface area (Å²) in [4.78, 5) is 8.86.